The number of fused-ring (bicyclic) bond motifs is 1. The maximum Gasteiger partial charge on any atom is 0.313 e. The molecule has 2 aliphatic rings. The van der Waals surface area contributed by atoms with Gasteiger partial charge in [-0.05, 0) is 24.5 Å². The van der Waals surface area contributed by atoms with Gasteiger partial charge < -0.3 is 10.0 Å². The molecule has 1 amide bonds. The normalized spacial score (nSPS) is 27.0. The van der Waals surface area contributed by atoms with E-state index in [0.29, 0.717) is 25.6 Å². The van der Waals surface area contributed by atoms with Gasteiger partial charge in [-0.2, -0.15) is 0 Å². The maximum atomic E-state index is 11.9. The van der Waals surface area contributed by atoms with Gasteiger partial charge in [-0.1, -0.05) is 13.8 Å². The maximum absolute atomic E-state index is 11.9. The van der Waals surface area contributed by atoms with E-state index in [2.05, 4.69) is 30.9 Å². The molecule has 0 bridgehead atoms. The van der Waals surface area contributed by atoms with Gasteiger partial charge in [0, 0.05) is 55.3 Å². The lowest BCUT2D eigenvalue weighted by Crippen LogP contribution is -2.41. The highest BCUT2D eigenvalue weighted by Crippen LogP contribution is 2.43. The van der Waals surface area contributed by atoms with Crippen LogP contribution < -0.4 is 0 Å². The number of carbonyl (C=O) groups excluding carboxylic acids is 1. The van der Waals surface area contributed by atoms with Crippen LogP contribution in [0, 0.1) is 17.3 Å². The summed E-state index contributed by atoms with van der Waals surface area (Å²) in [5.41, 5.74) is -0.788. The molecular weight excluding hydrogens is 324 g/mol. The Balaban J connectivity index is 1.67. The van der Waals surface area contributed by atoms with Crippen LogP contribution in [-0.4, -0.2) is 53.0 Å². The fourth-order valence-corrected chi connectivity index (χ4v) is 5.34. The summed E-state index contributed by atoms with van der Waals surface area (Å²) >= 11 is 1.84. The van der Waals surface area contributed by atoms with Crippen LogP contribution in [-0.2, 0) is 22.6 Å². The quantitative estimate of drug-likeness (QED) is 0.885. The highest BCUT2D eigenvalue weighted by molar-refractivity contribution is 7.11. The second-order valence-corrected chi connectivity index (χ2v) is 8.95. The molecule has 2 saturated heterocycles. The minimum Gasteiger partial charge on any atom is -0.481 e. The SMILES string of the molecule is CC(=O)N1C[C@@H]2CN(Cc3ccc(CC(C)C)s3)C[C@]2(C(=O)O)C1. The van der Waals surface area contributed by atoms with Gasteiger partial charge in [-0.15, -0.1) is 11.3 Å². The van der Waals surface area contributed by atoms with Crippen LogP contribution in [0.25, 0.3) is 0 Å². The van der Waals surface area contributed by atoms with E-state index in [1.807, 2.05) is 11.3 Å². The molecule has 2 fully saturated rings. The van der Waals surface area contributed by atoms with E-state index in [0.717, 1.165) is 19.5 Å². The number of carbonyl (C=O) groups is 2. The molecule has 2 atom stereocenters. The lowest BCUT2D eigenvalue weighted by molar-refractivity contribution is -0.149. The van der Waals surface area contributed by atoms with Crippen LogP contribution in [0.3, 0.4) is 0 Å². The molecule has 0 aromatic carbocycles. The van der Waals surface area contributed by atoms with Gasteiger partial charge in [0.25, 0.3) is 0 Å². The van der Waals surface area contributed by atoms with E-state index in [1.54, 1.807) is 4.90 Å². The molecule has 24 heavy (non-hydrogen) atoms. The summed E-state index contributed by atoms with van der Waals surface area (Å²) in [7, 11) is 0. The Hall–Kier alpha value is -1.40. The molecule has 3 rings (SSSR count). The summed E-state index contributed by atoms with van der Waals surface area (Å²) in [6.45, 7) is 8.99. The summed E-state index contributed by atoms with van der Waals surface area (Å²) in [5, 5.41) is 9.80. The Morgan fingerprint density at radius 2 is 2.00 bits per heavy atom. The molecule has 1 aromatic rings. The van der Waals surface area contributed by atoms with Crippen LogP contribution >= 0.6 is 11.3 Å². The van der Waals surface area contributed by atoms with E-state index >= 15 is 0 Å². The molecule has 0 radical (unpaired) electrons. The zero-order chi connectivity index (χ0) is 17.5. The van der Waals surface area contributed by atoms with Crippen molar-refractivity contribution in [3.05, 3.63) is 21.9 Å². The van der Waals surface area contributed by atoms with Gasteiger partial charge >= 0.3 is 5.97 Å². The molecular formula is C18H26N2O3S. The molecule has 2 aliphatic heterocycles. The third-order valence-electron chi connectivity index (χ3n) is 5.26. The van der Waals surface area contributed by atoms with Crippen LogP contribution in [0.2, 0.25) is 0 Å². The zero-order valence-corrected chi connectivity index (χ0v) is 15.4. The second kappa shape index (κ2) is 6.48. The van der Waals surface area contributed by atoms with Gasteiger partial charge in [-0.3, -0.25) is 14.5 Å². The van der Waals surface area contributed by atoms with E-state index < -0.39 is 11.4 Å². The van der Waals surface area contributed by atoms with Crippen molar-refractivity contribution in [3.8, 4) is 0 Å². The number of hydrogen-bond donors (Lipinski definition) is 1. The number of carboxylic acid groups (broad SMARTS) is 1. The van der Waals surface area contributed by atoms with Crippen molar-refractivity contribution >= 4 is 23.2 Å². The van der Waals surface area contributed by atoms with Gasteiger partial charge in [0.2, 0.25) is 5.91 Å². The van der Waals surface area contributed by atoms with Crippen LogP contribution in [0.1, 0.15) is 30.5 Å². The molecule has 1 aromatic heterocycles. The third kappa shape index (κ3) is 3.22. The van der Waals surface area contributed by atoms with Crippen molar-refractivity contribution < 1.29 is 14.7 Å². The number of rotatable bonds is 5. The molecule has 0 spiro atoms. The predicted octanol–water partition coefficient (Wildman–Crippen LogP) is 2.31. The number of likely N-dealkylation sites (tertiary alicyclic amines) is 2. The van der Waals surface area contributed by atoms with Crippen molar-refractivity contribution in [2.75, 3.05) is 26.2 Å². The minimum atomic E-state index is -0.788. The molecule has 3 heterocycles. The summed E-state index contributed by atoms with van der Waals surface area (Å²) in [6, 6.07) is 4.37. The highest BCUT2D eigenvalue weighted by Gasteiger charge is 2.58. The summed E-state index contributed by atoms with van der Waals surface area (Å²) in [4.78, 5) is 30.2. The second-order valence-electron chi connectivity index (χ2n) is 7.69. The van der Waals surface area contributed by atoms with E-state index in [4.69, 9.17) is 0 Å². The number of nitrogens with zero attached hydrogens (tertiary/aromatic N) is 2. The Bertz CT molecular complexity index is 642. The number of carboxylic acids is 1. The van der Waals surface area contributed by atoms with Gasteiger partial charge in [0.05, 0.1) is 0 Å². The van der Waals surface area contributed by atoms with Crippen LogP contribution in [0.15, 0.2) is 12.1 Å². The van der Waals surface area contributed by atoms with E-state index in [1.165, 1.54) is 16.7 Å². The van der Waals surface area contributed by atoms with Crippen molar-refractivity contribution in [1.82, 2.24) is 9.80 Å². The van der Waals surface area contributed by atoms with Crippen LogP contribution in [0.5, 0.6) is 0 Å². The van der Waals surface area contributed by atoms with Crippen molar-refractivity contribution in [2.45, 2.75) is 33.7 Å². The van der Waals surface area contributed by atoms with Crippen molar-refractivity contribution in [3.63, 3.8) is 0 Å². The summed E-state index contributed by atoms with van der Waals surface area (Å²) < 4.78 is 0. The molecule has 0 saturated carbocycles. The first-order chi connectivity index (χ1) is 11.3. The molecule has 6 heteroatoms. The molecule has 0 unspecified atom stereocenters. The van der Waals surface area contributed by atoms with Gasteiger partial charge in [0.15, 0.2) is 0 Å². The lowest BCUT2D eigenvalue weighted by Gasteiger charge is -2.24. The molecule has 1 N–H and O–H groups in total. The minimum absolute atomic E-state index is 0.0202. The van der Waals surface area contributed by atoms with E-state index in [-0.39, 0.29) is 11.8 Å². The van der Waals surface area contributed by atoms with Crippen LogP contribution in [0.4, 0.5) is 0 Å². The Labute approximate surface area is 147 Å². The number of thiophene rings is 1. The van der Waals surface area contributed by atoms with Crippen molar-refractivity contribution in [2.24, 2.45) is 17.3 Å². The fraction of sp³-hybridized carbons (Fsp3) is 0.667. The Morgan fingerprint density at radius 1 is 1.29 bits per heavy atom. The predicted molar refractivity (Wildman–Crippen MR) is 94.0 cm³/mol. The first kappa shape index (κ1) is 17.4. The first-order valence-corrected chi connectivity index (χ1v) is 9.40. The average molecular weight is 350 g/mol. The largest absolute Gasteiger partial charge is 0.481 e. The number of hydrogen-bond acceptors (Lipinski definition) is 4. The van der Waals surface area contributed by atoms with Gasteiger partial charge in [0.1, 0.15) is 5.41 Å². The smallest absolute Gasteiger partial charge is 0.313 e. The lowest BCUT2D eigenvalue weighted by atomic mass is 9.81. The monoisotopic (exact) mass is 350 g/mol. The third-order valence-corrected chi connectivity index (χ3v) is 6.35. The summed E-state index contributed by atoms with van der Waals surface area (Å²) in [6.07, 6.45) is 1.10. The summed E-state index contributed by atoms with van der Waals surface area (Å²) in [5.74, 6) is -0.0944. The van der Waals surface area contributed by atoms with E-state index in [9.17, 15) is 14.7 Å². The fourth-order valence-electron chi connectivity index (χ4n) is 4.07. The number of amides is 1. The Morgan fingerprint density at radius 3 is 2.58 bits per heavy atom. The molecule has 0 aliphatic carbocycles. The topological polar surface area (TPSA) is 60.9 Å². The molecule has 132 valence electrons. The first-order valence-electron chi connectivity index (χ1n) is 8.59. The average Bonchev–Trinajstić information content (AvgIpc) is 3.11. The zero-order valence-electron chi connectivity index (χ0n) is 14.6. The number of aliphatic carboxylic acids is 1. The van der Waals surface area contributed by atoms with Gasteiger partial charge in [-0.25, -0.2) is 0 Å². The Kier molecular flexibility index (Phi) is 4.71. The standard InChI is InChI=1S/C18H26N2O3S/c1-12(2)6-15-4-5-16(24-15)9-19-7-14-8-20(13(3)21)11-18(14,10-19)17(22)23/h4-5,12,14H,6-11H2,1-3H3,(H,22,23)/t14-,18-/m0/s1. The van der Waals surface area contributed by atoms with Crippen molar-refractivity contribution in [1.29, 1.82) is 0 Å². The molecule has 5 nitrogen and oxygen atoms in total. The highest BCUT2D eigenvalue weighted by atomic mass is 32.1.